The average molecular weight is 790 g/mol. The Hall–Kier alpha value is -5.75. The predicted molar refractivity (Wildman–Crippen MR) is 231 cm³/mol. The molecule has 0 saturated carbocycles. The number of ketones is 1. The Morgan fingerprint density at radius 3 is 2.30 bits per heavy atom. The molecule has 0 bridgehead atoms. The molecular formula is C45H61F2N5O5. The molecule has 2 aromatic carbocycles. The van der Waals surface area contributed by atoms with Crippen molar-refractivity contribution in [1.82, 2.24) is 5.32 Å². The maximum Gasteiger partial charge on any atom is 0.290 e. The number of ether oxygens (including phenoxy) is 1. The van der Waals surface area contributed by atoms with Gasteiger partial charge in [-0.2, -0.15) is 4.39 Å². The van der Waals surface area contributed by atoms with Crippen LogP contribution in [0.1, 0.15) is 103 Å². The van der Waals surface area contributed by atoms with E-state index in [4.69, 9.17) is 25.8 Å². The molecule has 57 heavy (non-hydrogen) atoms. The van der Waals surface area contributed by atoms with Crippen molar-refractivity contribution in [2.45, 2.75) is 93.5 Å². The molecule has 6 N–H and O–H groups in total. The third-order valence-corrected chi connectivity index (χ3v) is 7.97. The van der Waals surface area contributed by atoms with E-state index in [9.17, 15) is 14.0 Å². The summed E-state index contributed by atoms with van der Waals surface area (Å²) in [6.45, 7) is 23.6. The van der Waals surface area contributed by atoms with Gasteiger partial charge in [-0.3, -0.25) is 19.4 Å². The van der Waals surface area contributed by atoms with E-state index in [0.29, 0.717) is 60.5 Å². The highest BCUT2D eigenvalue weighted by Crippen LogP contribution is 2.37. The van der Waals surface area contributed by atoms with Crippen molar-refractivity contribution in [1.29, 1.82) is 5.41 Å². The molecule has 1 heterocycles. The Kier molecular flexibility index (Phi) is 25.7. The maximum atomic E-state index is 15.3. The molecule has 0 radical (unpaired) electrons. The van der Waals surface area contributed by atoms with Crippen LogP contribution in [0.3, 0.4) is 0 Å². The van der Waals surface area contributed by atoms with Crippen molar-refractivity contribution in [2.24, 2.45) is 16.6 Å². The first-order chi connectivity index (χ1) is 27.2. The third-order valence-electron chi connectivity index (χ3n) is 7.97. The zero-order valence-electron chi connectivity index (χ0n) is 34.7. The lowest BCUT2D eigenvalue weighted by molar-refractivity contribution is -0.123. The fraction of sp³-hybridized carbons (Fsp3) is 0.356. The number of allylic oxidation sites excluding steroid dienone is 8. The summed E-state index contributed by atoms with van der Waals surface area (Å²) >= 11 is 0. The highest BCUT2D eigenvalue weighted by atomic mass is 19.2. The van der Waals surface area contributed by atoms with E-state index < -0.39 is 23.6 Å². The van der Waals surface area contributed by atoms with Gasteiger partial charge in [0.2, 0.25) is 11.7 Å². The minimum atomic E-state index is -1.10. The summed E-state index contributed by atoms with van der Waals surface area (Å²) in [5.74, 6) is -2.66. The quantitative estimate of drug-likeness (QED) is 0.0250. The number of aliphatic imine (C=N–C) groups is 1. The summed E-state index contributed by atoms with van der Waals surface area (Å²) in [7, 11) is 0. The van der Waals surface area contributed by atoms with E-state index in [1.807, 2.05) is 84.9 Å². The van der Waals surface area contributed by atoms with Gasteiger partial charge in [-0.1, -0.05) is 78.2 Å². The van der Waals surface area contributed by atoms with Crippen LogP contribution in [0.25, 0.3) is 5.57 Å². The lowest BCUT2D eigenvalue weighted by Gasteiger charge is -2.19. The van der Waals surface area contributed by atoms with Crippen LogP contribution in [0.5, 0.6) is 5.75 Å². The number of nitrogens with one attached hydrogen (secondary N) is 3. The number of hydrogen-bond acceptors (Lipinski definition) is 8. The van der Waals surface area contributed by atoms with Crippen LogP contribution in [0.4, 0.5) is 14.5 Å². The summed E-state index contributed by atoms with van der Waals surface area (Å²) in [6, 6.07) is 7.97. The number of amides is 1. The Morgan fingerprint density at radius 1 is 1.07 bits per heavy atom. The molecule has 1 aliphatic rings. The number of carbonyl (C=O) groups excluding carboxylic acids is 2. The lowest BCUT2D eigenvalue weighted by atomic mass is 9.89. The van der Waals surface area contributed by atoms with Crippen LogP contribution >= 0.6 is 0 Å². The Balaban J connectivity index is 0.00000146. The van der Waals surface area contributed by atoms with Crippen LogP contribution in [-0.2, 0) is 16.0 Å². The van der Waals surface area contributed by atoms with Crippen molar-refractivity contribution in [3.05, 3.63) is 126 Å². The summed E-state index contributed by atoms with van der Waals surface area (Å²) in [4.78, 5) is 36.3. The molecule has 10 nitrogen and oxygen atoms in total. The molecule has 310 valence electrons. The van der Waals surface area contributed by atoms with E-state index in [1.165, 1.54) is 18.3 Å². The molecule has 2 unspecified atom stereocenters. The zero-order chi connectivity index (χ0) is 43.5. The van der Waals surface area contributed by atoms with Crippen molar-refractivity contribution in [2.75, 3.05) is 11.9 Å². The first kappa shape index (κ1) is 51.2. The molecule has 0 fully saturated rings. The lowest BCUT2D eigenvalue weighted by Crippen LogP contribution is -2.41. The molecule has 0 spiro atoms. The zero-order valence-corrected chi connectivity index (χ0v) is 34.7. The van der Waals surface area contributed by atoms with Gasteiger partial charge in [0, 0.05) is 47.6 Å². The van der Waals surface area contributed by atoms with Gasteiger partial charge in [-0.05, 0) is 94.0 Å². The van der Waals surface area contributed by atoms with Gasteiger partial charge in [0.05, 0.1) is 17.5 Å². The Labute approximate surface area is 337 Å². The van der Waals surface area contributed by atoms with Crippen LogP contribution in [0.2, 0.25) is 0 Å². The summed E-state index contributed by atoms with van der Waals surface area (Å²) in [6.07, 6.45) is 15.3. The number of carbonyl (C=O) groups is 3. The molecule has 1 aliphatic heterocycles. The first-order valence-electron chi connectivity index (χ1n) is 19.1. The van der Waals surface area contributed by atoms with Crippen molar-refractivity contribution >= 4 is 40.8 Å². The van der Waals surface area contributed by atoms with Crippen LogP contribution in [-0.4, -0.2) is 47.3 Å². The number of benzene rings is 2. The van der Waals surface area contributed by atoms with E-state index in [0.717, 1.165) is 17.7 Å². The van der Waals surface area contributed by atoms with Crippen LogP contribution in [0.15, 0.2) is 103 Å². The van der Waals surface area contributed by atoms with Crippen LogP contribution in [0, 0.1) is 23.0 Å². The third kappa shape index (κ3) is 17.3. The second-order valence-corrected chi connectivity index (χ2v) is 12.2. The van der Waals surface area contributed by atoms with Crippen LogP contribution < -0.4 is 21.1 Å². The van der Waals surface area contributed by atoms with Gasteiger partial charge in [0.15, 0.2) is 17.3 Å². The second-order valence-electron chi connectivity index (χ2n) is 12.2. The molecule has 0 aliphatic carbocycles. The Morgan fingerprint density at radius 2 is 1.74 bits per heavy atom. The van der Waals surface area contributed by atoms with Crippen molar-refractivity contribution < 1.29 is 33.0 Å². The molecule has 3 rings (SSSR count). The molecule has 0 aromatic heterocycles. The second kappa shape index (κ2) is 28.6. The smallest absolute Gasteiger partial charge is 0.290 e. The molecule has 1 amide bonds. The summed E-state index contributed by atoms with van der Waals surface area (Å²) < 4.78 is 35.7. The van der Waals surface area contributed by atoms with Gasteiger partial charge in [0.1, 0.15) is 5.76 Å². The first-order valence-corrected chi connectivity index (χ1v) is 19.1. The molecule has 2 atom stereocenters. The molecular weight excluding hydrogens is 729 g/mol. The molecule has 2 aromatic rings. The van der Waals surface area contributed by atoms with Gasteiger partial charge in [-0.15, -0.1) is 0 Å². The normalized spacial score (nSPS) is 13.5. The predicted octanol–water partition coefficient (Wildman–Crippen LogP) is 10.1. The number of anilines is 1. The van der Waals surface area contributed by atoms with Gasteiger partial charge in [0.25, 0.3) is 6.47 Å². The monoisotopic (exact) mass is 789 g/mol. The highest BCUT2D eigenvalue weighted by molar-refractivity contribution is 6.13. The van der Waals surface area contributed by atoms with E-state index >= 15 is 4.39 Å². The summed E-state index contributed by atoms with van der Waals surface area (Å²) in [5, 5.41) is 20.1. The fourth-order valence-electron chi connectivity index (χ4n) is 5.17. The SMILES string of the molecule is C=C(/C=C\C=C/C)Oc1ccc(C2=CN=C(C(=C)Nc3ccc(C(=O)CC)c(CC)c3)C2/C=C\C)c(F)c1F.CC.CCCNC(=O)C(N)CCC(C)=N.O=CO. The van der Waals surface area contributed by atoms with E-state index in [2.05, 4.69) is 28.8 Å². The summed E-state index contributed by atoms with van der Waals surface area (Å²) in [5.41, 5.74) is 10.3. The number of nitrogens with two attached hydrogens (primary N) is 1. The molecule has 0 saturated heterocycles. The van der Waals surface area contributed by atoms with E-state index in [-0.39, 0.29) is 35.2 Å². The van der Waals surface area contributed by atoms with Gasteiger partial charge < -0.3 is 31.6 Å². The number of aryl methyl sites for hydroxylation is 1. The average Bonchev–Trinajstić information content (AvgIpc) is 3.62. The van der Waals surface area contributed by atoms with Gasteiger partial charge in [-0.25, -0.2) is 4.39 Å². The number of rotatable bonds is 18. The number of halogens is 2. The maximum absolute atomic E-state index is 15.3. The Bertz CT molecular complexity index is 1830. The van der Waals surface area contributed by atoms with E-state index in [1.54, 1.807) is 25.2 Å². The largest absolute Gasteiger partial charge is 0.483 e. The molecule has 12 heteroatoms. The van der Waals surface area contributed by atoms with Crippen molar-refractivity contribution in [3.63, 3.8) is 0 Å². The highest BCUT2D eigenvalue weighted by Gasteiger charge is 2.29. The minimum Gasteiger partial charge on any atom is -0.483 e. The topological polar surface area (TPSA) is 167 Å². The standard InChI is InChI=1S/C33H34F2N2O2.C9H19N3O.C2H6.CH2O2/c1-7-11-12-14-21(5)39-30-18-17-26(31(34)32(30)35)28-20-36-33(27(28)13-8-2)22(6)37-24-15-16-25(29(38)10-4)23(9-3)19-24;1-3-6-12-9(13)8(11)5-4-7(2)10;1-2;2-1-3/h7-8,11-20,27,37H,5-6,9-10H2,1-4H3;8,10H,3-6,11H2,1-2H3,(H,12,13);1-2H3;1H,(H,2,3)/b11-7-,13-8-,14-12-;;;. The fourth-order valence-corrected chi connectivity index (χ4v) is 5.17. The number of carboxylic acid groups (broad SMARTS) is 1. The number of Topliss-reactive ketones (excluding diaryl/α,β-unsaturated/α-hetero) is 1. The van der Waals surface area contributed by atoms with Crippen molar-refractivity contribution in [3.8, 4) is 5.75 Å². The minimum absolute atomic E-state index is 0.0836. The number of nitrogens with zero attached hydrogens (tertiary/aromatic N) is 1. The van der Waals surface area contributed by atoms with Gasteiger partial charge >= 0.3 is 0 Å². The number of hydrogen-bond donors (Lipinski definition) is 5.